The number of aryl methyl sites for hydroxylation is 1. The molecule has 0 fully saturated rings. The van der Waals surface area contributed by atoms with Gasteiger partial charge in [0.25, 0.3) is 11.8 Å². The fourth-order valence-electron chi connectivity index (χ4n) is 5.34. The number of hydrogen-bond donors (Lipinski definition) is 0. The fraction of sp³-hybridized carbons (Fsp3) is 0.179. The molecule has 3 aromatic carbocycles. The SMILES string of the molecule is COc1ccc(CN2C(=O)c3oc4ccc(C)cc4c(=O)c3C23C(=O)N(C)c2ccccc23)cc1. The zero-order valence-electron chi connectivity index (χ0n) is 19.5. The molecule has 35 heavy (non-hydrogen) atoms. The lowest BCUT2D eigenvalue weighted by Gasteiger charge is -2.34. The van der Waals surface area contributed by atoms with Crippen molar-refractivity contribution in [2.45, 2.75) is 19.0 Å². The third-order valence-corrected chi connectivity index (χ3v) is 7.02. The molecule has 1 unspecified atom stereocenters. The van der Waals surface area contributed by atoms with Crippen LogP contribution in [0.25, 0.3) is 11.0 Å². The molecule has 1 aromatic heterocycles. The van der Waals surface area contributed by atoms with Crippen molar-refractivity contribution in [2.24, 2.45) is 0 Å². The van der Waals surface area contributed by atoms with Crippen LogP contribution in [0.4, 0.5) is 5.69 Å². The van der Waals surface area contributed by atoms with Crippen LogP contribution in [0.15, 0.2) is 75.9 Å². The van der Waals surface area contributed by atoms with Gasteiger partial charge in [0.15, 0.2) is 11.0 Å². The summed E-state index contributed by atoms with van der Waals surface area (Å²) in [5.74, 6) is -0.259. The third kappa shape index (κ3) is 2.69. The monoisotopic (exact) mass is 466 g/mol. The largest absolute Gasteiger partial charge is 0.497 e. The molecule has 0 saturated carbocycles. The van der Waals surface area contributed by atoms with Crippen LogP contribution in [-0.4, -0.2) is 30.9 Å². The van der Waals surface area contributed by atoms with Crippen LogP contribution in [0.5, 0.6) is 5.75 Å². The molecule has 6 rings (SSSR count). The van der Waals surface area contributed by atoms with Crippen LogP contribution in [-0.2, 0) is 16.9 Å². The summed E-state index contributed by atoms with van der Waals surface area (Å²) in [6.07, 6.45) is 0. The van der Waals surface area contributed by atoms with Gasteiger partial charge in [-0.05, 0) is 42.8 Å². The minimum absolute atomic E-state index is 0.0795. The first-order chi connectivity index (χ1) is 16.9. The first kappa shape index (κ1) is 21.2. The molecule has 4 aromatic rings. The van der Waals surface area contributed by atoms with E-state index in [-0.39, 0.29) is 29.2 Å². The molecule has 174 valence electrons. The summed E-state index contributed by atoms with van der Waals surface area (Å²) < 4.78 is 11.3. The Labute approximate surface area is 201 Å². The zero-order valence-corrected chi connectivity index (χ0v) is 19.5. The standard InChI is InChI=1S/C28H22N2O5/c1-16-8-13-22-19(14-16)24(31)23-25(35-22)26(32)30(15-17-9-11-18(34-3)12-10-17)28(23)20-6-4-5-7-21(20)29(2)27(28)33/h4-14H,15H2,1-3H3. The lowest BCUT2D eigenvalue weighted by molar-refractivity contribution is -0.126. The van der Waals surface area contributed by atoms with Gasteiger partial charge in [-0.15, -0.1) is 0 Å². The quantitative estimate of drug-likeness (QED) is 0.456. The maximum absolute atomic E-state index is 14.1. The Hall–Kier alpha value is -4.39. The molecule has 3 heterocycles. The summed E-state index contributed by atoms with van der Waals surface area (Å²) in [7, 11) is 3.25. The van der Waals surface area contributed by atoms with E-state index in [0.717, 1.165) is 11.1 Å². The van der Waals surface area contributed by atoms with Crippen molar-refractivity contribution in [3.63, 3.8) is 0 Å². The second kappa shape index (κ2) is 7.30. The number of carbonyl (C=O) groups excluding carboxylic acids is 2. The number of hydrogen-bond acceptors (Lipinski definition) is 5. The highest BCUT2D eigenvalue weighted by atomic mass is 16.5. The number of nitrogens with zero attached hydrogens (tertiary/aromatic N) is 2. The molecule has 2 amide bonds. The second-order valence-electron chi connectivity index (χ2n) is 8.97. The predicted molar refractivity (Wildman–Crippen MR) is 131 cm³/mol. The van der Waals surface area contributed by atoms with Crippen molar-refractivity contribution in [3.05, 3.63) is 105 Å². The number of amides is 2. The Morgan fingerprint density at radius 2 is 1.71 bits per heavy atom. The summed E-state index contributed by atoms with van der Waals surface area (Å²) in [6, 6.07) is 19.8. The molecule has 0 saturated heterocycles. The molecule has 0 bridgehead atoms. The molecule has 0 radical (unpaired) electrons. The van der Waals surface area contributed by atoms with Crippen molar-refractivity contribution in [1.82, 2.24) is 4.90 Å². The van der Waals surface area contributed by atoms with Crippen LogP contribution in [0, 0.1) is 6.92 Å². The molecule has 0 aliphatic carbocycles. The van der Waals surface area contributed by atoms with Gasteiger partial charge in [0.1, 0.15) is 11.3 Å². The minimum Gasteiger partial charge on any atom is -0.497 e. The summed E-state index contributed by atoms with van der Waals surface area (Å²) in [5, 5.41) is 0.349. The lowest BCUT2D eigenvalue weighted by Crippen LogP contribution is -2.52. The van der Waals surface area contributed by atoms with E-state index in [9.17, 15) is 14.4 Å². The number of carbonyl (C=O) groups is 2. The van der Waals surface area contributed by atoms with Gasteiger partial charge in [-0.1, -0.05) is 42.0 Å². The van der Waals surface area contributed by atoms with Gasteiger partial charge in [0, 0.05) is 24.8 Å². The number of likely N-dealkylation sites (N-methyl/N-ethyl adjacent to an activating group) is 1. The fourth-order valence-corrected chi connectivity index (χ4v) is 5.34. The van der Waals surface area contributed by atoms with E-state index in [0.29, 0.717) is 28.0 Å². The Morgan fingerprint density at radius 1 is 0.971 bits per heavy atom. The van der Waals surface area contributed by atoms with Gasteiger partial charge in [0.05, 0.1) is 18.1 Å². The van der Waals surface area contributed by atoms with E-state index in [4.69, 9.17) is 9.15 Å². The molecule has 1 atom stereocenters. The second-order valence-corrected chi connectivity index (χ2v) is 8.97. The van der Waals surface area contributed by atoms with E-state index in [1.54, 1.807) is 44.5 Å². The van der Waals surface area contributed by atoms with Crippen molar-refractivity contribution in [3.8, 4) is 5.75 Å². The van der Waals surface area contributed by atoms with E-state index in [1.165, 1.54) is 9.80 Å². The highest BCUT2D eigenvalue weighted by Crippen LogP contribution is 2.52. The highest BCUT2D eigenvalue weighted by Gasteiger charge is 2.64. The average molecular weight is 466 g/mol. The van der Waals surface area contributed by atoms with Crippen molar-refractivity contribution >= 4 is 28.5 Å². The molecule has 2 aliphatic rings. The molecular formula is C28H22N2O5. The van der Waals surface area contributed by atoms with Crippen LogP contribution in [0.2, 0.25) is 0 Å². The number of rotatable bonds is 3. The molecule has 2 aliphatic heterocycles. The number of anilines is 1. The summed E-state index contributed by atoms with van der Waals surface area (Å²) >= 11 is 0. The maximum Gasteiger partial charge on any atom is 0.291 e. The Kier molecular flexibility index (Phi) is 4.42. The average Bonchev–Trinajstić information content (AvgIpc) is 3.25. The Morgan fingerprint density at radius 3 is 2.46 bits per heavy atom. The lowest BCUT2D eigenvalue weighted by atomic mass is 9.83. The first-order valence-corrected chi connectivity index (χ1v) is 11.3. The predicted octanol–water partition coefficient (Wildman–Crippen LogP) is 3.99. The third-order valence-electron chi connectivity index (χ3n) is 7.02. The van der Waals surface area contributed by atoms with Gasteiger partial charge < -0.3 is 19.0 Å². The Bertz CT molecular complexity index is 1600. The van der Waals surface area contributed by atoms with Crippen LogP contribution < -0.4 is 15.1 Å². The highest BCUT2D eigenvalue weighted by molar-refractivity contribution is 6.16. The van der Waals surface area contributed by atoms with Gasteiger partial charge in [-0.25, -0.2) is 0 Å². The number of benzene rings is 3. The van der Waals surface area contributed by atoms with Crippen molar-refractivity contribution in [2.75, 3.05) is 19.1 Å². The topological polar surface area (TPSA) is 80.1 Å². The minimum atomic E-state index is -1.61. The van der Waals surface area contributed by atoms with Crippen molar-refractivity contribution in [1.29, 1.82) is 0 Å². The summed E-state index contributed by atoms with van der Waals surface area (Å²) in [5.41, 5.74) is 1.34. The number of methoxy groups -OCH3 is 1. The van der Waals surface area contributed by atoms with Gasteiger partial charge in [0.2, 0.25) is 5.76 Å². The van der Waals surface area contributed by atoms with Gasteiger partial charge in [-0.3, -0.25) is 14.4 Å². The molecule has 0 N–H and O–H groups in total. The molecule has 1 spiro atoms. The number of fused-ring (bicyclic) bond motifs is 5. The summed E-state index contributed by atoms with van der Waals surface area (Å²) in [6.45, 7) is 1.99. The van der Waals surface area contributed by atoms with Gasteiger partial charge in [-0.2, -0.15) is 0 Å². The normalized spacial score (nSPS) is 18.5. The van der Waals surface area contributed by atoms with Crippen molar-refractivity contribution < 1.29 is 18.7 Å². The molecular weight excluding hydrogens is 444 g/mol. The smallest absolute Gasteiger partial charge is 0.291 e. The van der Waals surface area contributed by atoms with E-state index in [1.807, 2.05) is 43.3 Å². The van der Waals surface area contributed by atoms with Gasteiger partial charge >= 0.3 is 0 Å². The van der Waals surface area contributed by atoms with E-state index in [2.05, 4.69) is 0 Å². The summed E-state index contributed by atoms with van der Waals surface area (Å²) in [4.78, 5) is 45.0. The number of para-hydroxylation sites is 1. The maximum atomic E-state index is 14.1. The van der Waals surface area contributed by atoms with E-state index >= 15 is 0 Å². The van der Waals surface area contributed by atoms with Crippen LogP contribution in [0.3, 0.4) is 0 Å². The molecule has 7 nitrogen and oxygen atoms in total. The molecule has 7 heteroatoms. The number of ether oxygens (including phenoxy) is 1. The van der Waals surface area contributed by atoms with Crippen LogP contribution >= 0.6 is 0 Å². The first-order valence-electron chi connectivity index (χ1n) is 11.3. The van der Waals surface area contributed by atoms with Crippen LogP contribution in [0.1, 0.15) is 32.8 Å². The van der Waals surface area contributed by atoms with E-state index < -0.39 is 11.4 Å². The Balaban J connectivity index is 1.67. The zero-order chi connectivity index (χ0) is 24.5.